The summed E-state index contributed by atoms with van der Waals surface area (Å²) in [5, 5.41) is 0. The Morgan fingerprint density at radius 2 is 1.42 bits per heavy atom. The molecule has 0 heterocycles. The van der Waals surface area contributed by atoms with Crippen molar-refractivity contribution < 1.29 is 0 Å². The molecule has 5 aliphatic rings. The van der Waals surface area contributed by atoms with E-state index in [1.165, 1.54) is 39.0 Å². The van der Waals surface area contributed by atoms with Crippen molar-refractivity contribution in [3.63, 3.8) is 0 Å². The smallest absolute Gasteiger partial charge is 0.00934 e. The second-order valence-corrected chi connectivity index (χ2v) is 10.7. The number of benzene rings is 2. The van der Waals surface area contributed by atoms with Crippen molar-refractivity contribution >= 4 is 0 Å². The van der Waals surface area contributed by atoms with Gasteiger partial charge in [0.1, 0.15) is 0 Å². The molecule has 36 heavy (non-hydrogen) atoms. The Morgan fingerprint density at radius 1 is 0.639 bits per heavy atom. The highest BCUT2D eigenvalue weighted by Crippen LogP contribution is 2.52. The van der Waals surface area contributed by atoms with Crippen LogP contribution in [-0.2, 0) is 0 Å². The number of fused-ring (bicyclic) bond motifs is 6. The van der Waals surface area contributed by atoms with Crippen LogP contribution in [0.15, 0.2) is 150 Å². The summed E-state index contributed by atoms with van der Waals surface area (Å²) >= 11 is 0. The van der Waals surface area contributed by atoms with E-state index in [0.29, 0.717) is 29.6 Å². The fourth-order valence-electron chi connectivity index (χ4n) is 6.94. The lowest BCUT2D eigenvalue weighted by Gasteiger charge is -2.43. The highest BCUT2D eigenvalue weighted by molar-refractivity contribution is 5.58. The Balaban J connectivity index is 1.20. The fourth-order valence-corrected chi connectivity index (χ4v) is 6.94. The molecule has 0 bridgehead atoms. The van der Waals surface area contributed by atoms with Gasteiger partial charge in [-0.05, 0) is 70.1 Å². The molecule has 0 spiro atoms. The molecule has 0 aromatic heterocycles. The van der Waals surface area contributed by atoms with Gasteiger partial charge in [-0.1, -0.05) is 128 Å². The first-order chi connectivity index (χ1) is 17.8. The van der Waals surface area contributed by atoms with Crippen LogP contribution in [-0.4, -0.2) is 0 Å². The van der Waals surface area contributed by atoms with Crippen molar-refractivity contribution in [2.24, 2.45) is 11.8 Å². The lowest BCUT2D eigenvalue weighted by atomic mass is 9.61. The molecule has 7 rings (SSSR count). The molecule has 2 aromatic carbocycles. The maximum Gasteiger partial charge on any atom is 0.00934 e. The average Bonchev–Trinajstić information content (AvgIpc) is 2.98. The predicted octanol–water partition coefficient (Wildman–Crippen LogP) is 9.04. The van der Waals surface area contributed by atoms with E-state index in [9.17, 15) is 0 Å². The molecule has 0 amide bonds. The van der Waals surface area contributed by atoms with Gasteiger partial charge >= 0.3 is 0 Å². The zero-order valence-electron chi connectivity index (χ0n) is 20.6. The summed E-state index contributed by atoms with van der Waals surface area (Å²) in [7, 11) is 0. The second kappa shape index (κ2) is 9.10. The Hall–Kier alpha value is -3.64. The zero-order valence-corrected chi connectivity index (χ0v) is 20.6. The second-order valence-electron chi connectivity index (χ2n) is 10.7. The lowest BCUT2D eigenvalue weighted by Crippen LogP contribution is -2.32. The minimum Gasteiger partial charge on any atom is -0.0830 e. The molecule has 0 saturated carbocycles. The van der Waals surface area contributed by atoms with E-state index in [-0.39, 0.29) is 0 Å². The van der Waals surface area contributed by atoms with Crippen molar-refractivity contribution in [2.75, 3.05) is 0 Å². The van der Waals surface area contributed by atoms with E-state index in [1.54, 1.807) is 0 Å². The van der Waals surface area contributed by atoms with Crippen molar-refractivity contribution in [2.45, 2.75) is 37.0 Å². The maximum atomic E-state index is 2.59. The molecule has 0 saturated heterocycles. The molecule has 0 radical (unpaired) electrons. The molecule has 176 valence electrons. The molecule has 2 aromatic rings. The Kier molecular flexibility index (Phi) is 5.47. The number of allylic oxidation sites excluding steroid dienone is 16. The molecule has 0 N–H and O–H groups in total. The SMILES string of the molecule is C1=CC2c3ccccc3C3C=CC(C4=CCCC(C5=CC(c6ccccc6)CC=C5)=C4)=CC3C2C=C1. The molecule has 0 nitrogen and oxygen atoms in total. The van der Waals surface area contributed by atoms with Gasteiger partial charge in [0.2, 0.25) is 0 Å². The summed E-state index contributed by atoms with van der Waals surface area (Å²) in [6.07, 6.45) is 32.2. The molecule has 5 unspecified atom stereocenters. The lowest BCUT2D eigenvalue weighted by molar-refractivity contribution is 0.369. The predicted molar refractivity (Wildman–Crippen MR) is 151 cm³/mol. The largest absolute Gasteiger partial charge is 0.0830 e. The van der Waals surface area contributed by atoms with E-state index in [4.69, 9.17) is 0 Å². The maximum absolute atomic E-state index is 2.59. The van der Waals surface area contributed by atoms with Crippen LogP contribution in [0, 0.1) is 11.8 Å². The van der Waals surface area contributed by atoms with Crippen LogP contribution in [0.5, 0.6) is 0 Å². The van der Waals surface area contributed by atoms with Gasteiger partial charge in [-0.15, -0.1) is 0 Å². The summed E-state index contributed by atoms with van der Waals surface area (Å²) in [4.78, 5) is 0. The average molecular weight is 465 g/mol. The van der Waals surface area contributed by atoms with E-state index < -0.39 is 0 Å². The first-order valence-corrected chi connectivity index (χ1v) is 13.5. The van der Waals surface area contributed by atoms with Crippen molar-refractivity contribution in [3.05, 3.63) is 166 Å². The van der Waals surface area contributed by atoms with Crippen molar-refractivity contribution in [1.29, 1.82) is 0 Å². The summed E-state index contributed by atoms with van der Waals surface area (Å²) < 4.78 is 0. The highest BCUT2D eigenvalue weighted by Gasteiger charge is 2.40. The first-order valence-electron chi connectivity index (χ1n) is 13.5. The first kappa shape index (κ1) is 21.6. The van der Waals surface area contributed by atoms with Gasteiger partial charge in [0.05, 0.1) is 0 Å². The van der Waals surface area contributed by atoms with Crippen LogP contribution >= 0.6 is 0 Å². The fraction of sp³-hybridized carbons (Fsp3) is 0.222. The number of hydrogen-bond acceptors (Lipinski definition) is 0. The Morgan fingerprint density at radius 3 is 2.28 bits per heavy atom. The molecule has 0 heteroatoms. The third kappa shape index (κ3) is 3.77. The highest BCUT2D eigenvalue weighted by atomic mass is 14.4. The third-order valence-electron chi connectivity index (χ3n) is 8.71. The van der Waals surface area contributed by atoms with Gasteiger partial charge in [0, 0.05) is 17.8 Å². The quantitative estimate of drug-likeness (QED) is 0.425. The topological polar surface area (TPSA) is 0 Å². The van der Waals surface area contributed by atoms with E-state index >= 15 is 0 Å². The molecule has 0 fully saturated rings. The van der Waals surface area contributed by atoms with Gasteiger partial charge in [-0.2, -0.15) is 0 Å². The molecule has 5 atom stereocenters. The standard InChI is InChI=1S/C36H32/c1-2-10-25(11-3-1)26-12-8-13-27(22-26)28-14-9-15-29(23-28)30-20-21-35-33-18-5-4-16-31(33)32-17-6-7-19-34(32)36(35)24-30/h1-8,10-11,13,15-24,26,32,34-36H,9,12,14H2. The van der Waals surface area contributed by atoms with Crippen LogP contribution in [0.2, 0.25) is 0 Å². The van der Waals surface area contributed by atoms with Gasteiger partial charge in [0.25, 0.3) is 0 Å². The van der Waals surface area contributed by atoms with Crippen LogP contribution in [0.4, 0.5) is 0 Å². The number of rotatable bonds is 3. The van der Waals surface area contributed by atoms with Crippen LogP contribution in [0.1, 0.15) is 53.7 Å². The zero-order chi connectivity index (χ0) is 23.9. The van der Waals surface area contributed by atoms with E-state index in [0.717, 1.165) is 19.3 Å². The summed E-state index contributed by atoms with van der Waals surface area (Å²) in [6.45, 7) is 0. The van der Waals surface area contributed by atoms with Gasteiger partial charge in [-0.25, -0.2) is 0 Å². The summed E-state index contributed by atoms with van der Waals surface area (Å²) in [5.41, 5.74) is 10.1. The summed E-state index contributed by atoms with van der Waals surface area (Å²) in [6, 6.07) is 20.0. The third-order valence-corrected chi connectivity index (χ3v) is 8.71. The van der Waals surface area contributed by atoms with Crippen LogP contribution < -0.4 is 0 Å². The molecule has 0 aliphatic heterocycles. The van der Waals surface area contributed by atoms with Crippen LogP contribution in [0.25, 0.3) is 0 Å². The minimum atomic E-state index is 0.464. The molecular weight excluding hydrogens is 432 g/mol. The Labute approximate surface area is 215 Å². The van der Waals surface area contributed by atoms with E-state index in [1.807, 2.05) is 0 Å². The monoisotopic (exact) mass is 464 g/mol. The normalized spacial score (nSPS) is 29.8. The van der Waals surface area contributed by atoms with Gasteiger partial charge < -0.3 is 0 Å². The van der Waals surface area contributed by atoms with Crippen molar-refractivity contribution in [1.82, 2.24) is 0 Å². The van der Waals surface area contributed by atoms with Gasteiger partial charge in [-0.3, -0.25) is 0 Å². The van der Waals surface area contributed by atoms with E-state index in [2.05, 4.69) is 128 Å². The Bertz CT molecular complexity index is 1420. The molecule has 5 aliphatic carbocycles. The van der Waals surface area contributed by atoms with Crippen molar-refractivity contribution in [3.8, 4) is 0 Å². The van der Waals surface area contributed by atoms with Gasteiger partial charge in [0.15, 0.2) is 0 Å². The summed E-state index contributed by atoms with van der Waals surface area (Å²) in [5.74, 6) is 2.45. The van der Waals surface area contributed by atoms with Crippen LogP contribution in [0.3, 0.4) is 0 Å². The number of hydrogen-bond donors (Lipinski definition) is 0. The molecular formula is C36H32. The minimum absolute atomic E-state index is 0.464.